The summed E-state index contributed by atoms with van der Waals surface area (Å²) in [7, 11) is 0. The van der Waals surface area contributed by atoms with E-state index in [2.05, 4.69) is 4.98 Å². The Morgan fingerprint density at radius 1 is 1.75 bits per heavy atom. The molecule has 0 unspecified atom stereocenters. The van der Waals surface area contributed by atoms with E-state index in [-0.39, 0.29) is 0 Å². The fourth-order valence-electron chi connectivity index (χ4n) is 0.557. The third-order valence-corrected chi connectivity index (χ3v) is 1.03. The van der Waals surface area contributed by atoms with Gasteiger partial charge in [0.1, 0.15) is 0 Å². The number of hydrogen-bond donors (Lipinski definition) is 0. The van der Waals surface area contributed by atoms with Crippen molar-refractivity contribution in [3.8, 4) is 0 Å². The molecular weight excluding hydrogens is 98.1 g/mol. The lowest BCUT2D eigenvalue weighted by Crippen LogP contribution is -1.81. The first-order valence-electron chi connectivity index (χ1n) is 3.25. The third kappa shape index (κ3) is 1.06. The minimum atomic E-state index is 0.356. The number of pyridine rings is 1. The molecule has 0 atom stereocenters. The van der Waals surface area contributed by atoms with Crippen molar-refractivity contribution in [2.45, 2.75) is 13.3 Å². The normalized spacial score (nSPS) is 10.9. The van der Waals surface area contributed by atoms with Gasteiger partial charge in [0.25, 0.3) is 0 Å². The summed E-state index contributed by atoms with van der Waals surface area (Å²) in [5.41, 5.74) is 0.988. The highest BCUT2D eigenvalue weighted by Crippen LogP contribution is 1.91. The van der Waals surface area contributed by atoms with Crippen LogP contribution in [-0.4, -0.2) is 4.98 Å². The molecule has 0 aliphatic heterocycles. The highest BCUT2D eigenvalue weighted by molar-refractivity contribution is 5.02. The van der Waals surface area contributed by atoms with E-state index < -0.39 is 0 Å². The molecule has 0 fully saturated rings. The molecular formula is C7H9N. The summed E-state index contributed by atoms with van der Waals surface area (Å²) < 4.78 is 7.13. The summed E-state index contributed by atoms with van der Waals surface area (Å²) in [6, 6.07) is 5.46. The average Bonchev–Trinajstić information content (AvgIpc) is 1.88. The molecule has 0 aliphatic rings. The molecule has 1 rings (SSSR count). The minimum absolute atomic E-state index is 0.356. The van der Waals surface area contributed by atoms with Gasteiger partial charge in [-0.1, -0.05) is 13.0 Å². The number of aromatic nitrogens is 1. The molecule has 42 valence electrons. The number of hydrogen-bond acceptors (Lipinski definition) is 1. The maximum Gasteiger partial charge on any atom is 0.0840 e. The van der Waals surface area contributed by atoms with E-state index >= 15 is 0 Å². The van der Waals surface area contributed by atoms with Gasteiger partial charge >= 0.3 is 0 Å². The highest BCUT2D eigenvalue weighted by Gasteiger charge is 1.81. The van der Waals surface area contributed by atoms with Crippen molar-refractivity contribution < 1.29 is 1.37 Å². The van der Waals surface area contributed by atoms with Gasteiger partial charge in [0.2, 0.25) is 0 Å². The Labute approximate surface area is 50.8 Å². The lowest BCUT2D eigenvalue weighted by Gasteiger charge is -1.88. The van der Waals surface area contributed by atoms with E-state index in [1.807, 2.05) is 19.1 Å². The molecule has 1 aromatic heterocycles. The first kappa shape index (κ1) is 4.07. The van der Waals surface area contributed by atoms with E-state index in [0.717, 1.165) is 12.1 Å². The molecule has 0 amide bonds. The van der Waals surface area contributed by atoms with Gasteiger partial charge < -0.3 is 0 Å². The predicted octanol–water partition coefficient (Wildman–Crippen LogP) is 1.64. The van der Waals surface area contributed by atoms with Gasteiger partial charge in [0.05, 0.1) is 1.37 Å². The van der Waals surface area contributed by atoms with Crippen LogP contribution in [0.2, 0.25) is 0 Å². The van der Waals surface area contributed by atoms with Crippen LogP contribution in [0.25, 0.3) is 0 Å². The number of rotatable bonds is 1. The largest absolute Gasteiger partial charge is 0.261 e. The van der Waals surface area contributed by atoms with Crippen LogP contribution in [0.4, 0.5) is 0 Å². The van der Waals surface area contributed by atoms with Crippen LogP contribution in [-0.2, 0) is 6.42 Å². The zero-order valence-corrected chi connectivity index (χ0v) is 4.89. The van der Waals surface area contributed by atoms with Crippen LogP contribution in [0.1, 0.15) is 14.0 Å². The Hall–Kier alpha value is -0.850. The first-order valence-corrected chi connectivity index (χ1v) is 2.75. The molecule has 1 nitrogen and oxygen atoms in total. The quantitative estimate of drug-likeness (QED) is 0.533. The Morgan fingerprint density at radius 3 is 3.12 bits per heavy atom. The van der Waals surface area contributed by atoms with Crippen LogP contribution in [0, 0.1) is 0 Å². The van der Waals surface area contributed by atoms with Crippen molar-refractivity contribution in [3.63, 3.8) is 0 Å². The molecule has 0 N–H and O–H groups in total. The Bertz CT molecular complexity index is 198. The molecule has 1 aromatic rings. The second kappa shape index (κ2) is 2.46. The van der Waals surface area contributed by atoms with Gasteiger partial charge in [-0.15, -0.1) is 0 Å². The SMILES string of the molecule is [2H]c1cccc(CC)n1. The van der Waals surface area contributed by atoms with E-state index in [1.54, 1.807) is 6.07 Å². The Morgan fingerprint density at radius 2 is 2.62 bits per heavy atom. The first-order chi connectivity index (χ1) is 4.33. The Balaban J connectivity index is 2.94. The van der Waals surface area contributed by atoms with E-state index in [9.17, 15) is 0 Å². The molecule has 8 heavy (non-hydrogen) atoms. The number of nitrogens with zero attached hydrogens (tertiary/aromatic N) is 1. The van der Waals surface area contributed by atoms with Gasteiger partial charge in [0, 0.05) is 11.9 Å². The molecule has 0 radical (unpaired) electrons. The molecule has 1 heterocycles. The Kier molecular flexibility index (Phi) is 1.25. The standard InChI is InChI=1S/C7H9N/c1-2-7-5-3-4-6-8-7/h3-6H,2H2,1H3/i6D. The van der Waals surface area contributed by atoms with Crippen LogP contribution in [0.15, 0.2) is 24.4 Å². The molecule has 0 saturated heterocycles. The maximum atomic E-state index is 7.13. The third-order valence-electron chi connectivity index (χ3n) is 1.03. The van der Waals surface area contributed by atoms with Crippen molar-refractivity contribution in [2.75, 3.05) is 0 Å². The molecule has 0 aliphatic carbocycles. The van der Waals surface area contributed by atoms with Crippen LogP contribution in [0.3, 0.4) is 0 Å². The van der Waals surface area contributed by atoms with Crippen molar-refractivity contribution in [1.82, 2.24) is 4.98 Å². The van der Waals surface area contributed by atoms with Gasteiger partial charge in [-0.05, 0) is 18.6 Å². The summed E-state index contributed by atoms with van der Waals surface area (Å²) >= 11 is 0. The fraction of sp³-hybridized carbons (Fsp3) is 0.286. The molecule has 0 bridgehead atoms. The molecule has 1 heteroatoms. The van der Waals surface area contributed by atoms with Crippen molar-refractivity contribution in [1.29, 1.82) is 0 Å². The van der Waals surface area contributed by atoms with Crippen LogP contribution in [0.5, 0.6) is 0 Å². The summed E-state index contributed by atoms with van der Waals surface area (Å²) in [4.78, 5) is 3.96. The molecule has 0 saturated carbocycles. The smallest absolute Gasteiger partial charge is 0.0840 e. The van der Waals surface area contributed by atoms with Gasteiger partial charge in [-0.25, -0.2) is 0 Å². The van der Waals surface area contributed by atoms with Crippen molar-refractivity contribution in [2.24, 2.45) is 0 Å². The van der Waals surface area contributed by atoms with Gasteiger partial charge in [0.15, 0.2) is 0 Å². The monoisotopic (exact) mass is 108 g/mol. The molecule has 0 spiro atoms. The summed E-state index contributed by atoms with van der Waals surface area (Å²) in [5.74, 6) is 0. The predicted molar refractivity (Wildman–Crippen MR) is 33.6 cm³/mol. The summed E-state index contributed by atoms with van der Waals surface area (Å²) in [5, 5.41) is 0. The zero-order valence-electron chi connectivity index (χ0n) is 5.89. The van der Waals surface area contributed by atoms with Crippen molar-refractivity contribution in [3.05, 3.63) is 30.1 Å². The number of aryl methyl sites for hydroxylation is 1. The average molecular weight is 108 g/mol. The zero-order chi connectivity index (χ0) is 6.69. The summed E-state index contributed by atoms with van der Waals surface area (Å²) in [6.07, 6.45) is 1.27. The van der Waals surface area contributed by atoms with E-state index in [1.165, 1.54) is 0 Å². The molecule has 0 aromatic carbocycles. The second-order valence-electron chi connectivity index (χ2n) is 1.61. The van der Waals surface area contributed by atoms with E-state index in [4.69, 9.17) is 1.37 Å². The lowest BCUT2D eigenvalue weighted by molar-refractivity contribution is 1.04. The minimum Gasteiger partial charge on any atom is -0.261 e. The van der Waals surface area contributed by atoms with Gasteiger partial charge in [-0.3, -0.25) is 4.98 Å². The van der Waals surface area contributed by atoms with Gasteiger partial charge in [-0.2, -0.15) is 0 Å². The second-order valence-corrected chi connectivity index (χ2v) is 1.61. The fourth-order valence-corrected chi connectivity index (χ4v) is 0.557. The van der Waals surface area contributed by atoms with Crippen molar-refractivity contribution >= 4 is 0 Å². The van der Waals surface area contributed by atoms with E-state index in [0.29, 0.717) is 6.17 Å². The maximum absolute atomic E-state index is 7.13. The van der Waals surface area contributed by atoms with Crippen LogP contribution >= 0.6 is 0 Å². The van der Waals surface area contributed by atoms with Crippen LogP contribution < -0.4 is 0 Å². The topological polar surface area (TPSA) is 12.9 Å². The highest BCUT2D eigenvalue weighted by atomic mass is 14.6. The summed E-state index contributed by atoms with van der Waals surface area (Å²) in [6.45, 7) is 2.03. The lowest BCUT2D eigenvalue weighted by atomic mass is 10.3.